The van der Waals surface area contributed by atoms with Gasteiger partial charge in [-0.15, -0.1) is 0 Å². The highest BCUT2D eigenvalue weighted by atomic mass is 16.5. The highest BCUT2D eigenvalue weighted by Crippen LogP contribution is 2.62. The number of fused-ring (bicyclic) bond motifs is 15. The van der Waals surface area contributed by atoms with Crippen molar-refractivity contribution in [2.24, 2.45) is 0 Å². The van der Waals surface area contributed by atoms with Crippen molar-refractivity contribution < 1.29 is 9.15 Å². The van der Waals surface area contributed by atoms with Crippen LogP contribution in [0.5, 0.6) is 11.5 Å². The van der Waals surface area contributed by atoms with Crippen LogP contribution in [0.25, 0.3) is 82.1 Å². The minimum absolute atomic E-state index is 0.642. The van der Waals surface area contributed by atoms with Gasteiger partial charge in [-0.3, -0.25) is 0 Å². The number of para-hydroxylation sites is 3. The summed E-state index contributed by atoms with van der Waals surface area (Å²) in [6, 6.07) is 83.8. The molecular weight excluding hydrogens is 817 g/mol. The summed E-state index contributed by atoms with van der Waals surface area (Å²) in [6.45, 7) is 0. The first-order valence-corrected chi connectivity index (χ1v) is 23.0. The highest BCUT2D eigenvalue weighted by Gasteiger charge is 2.49. The third-order valence-electron chi connectivity index (χ3n) is 14.6. The van der Waals surface area contributed by atoms with Gasteiger partial charge in [0.1, 0.15) is 22.7 Å². The fourth-order valence-corrected chi connectivity index (χ4v) is 12.0. The molecule has 0 bridgehead atoms. The maximum absolute atomic E-state index is 7.19. The Bertz CT molecular complexity index is 4220. The van der Waals surface area contributed by atoms with Crippen LogP contribution >= 0.6 is 0 Å². The number of furan rings is 1. The molecule has 0 N–H and O–H groups in total. The summed E-state index contributed by atoms with van der Waals surface area (Å²) in [4.78, 5) is 2.40. The Balaban J connectivity index is 1.03. The highest BCUT2D eigenvalue weighted by molar-refractivity contribution is 6.15. The summed E-state index contributed by atoms with van der Waals surface area (Å²) >= 11 is 0. The van der Waals surface area contributed by atoms with Crippen LogP contribution in [-0.2, 0) is 5.41 Å². The number of hydrogen-bond acceptors (Lipinski definition) is 3. The molecule has 1 spiro atoms. The lowest BCUT2D eigenvalue weighted by Crippen LogP contribution is -2.36. The Kier molecular flexibility index (Phi) is 7.40. The van der Waals surface area contributed by atoms with Crippen LogP contribution < -0.4 is 9.64 Å². The molecule has 3 heterocycles. The lowest BCUT2D eigenvalue weighted by Gasteiger charge is -2.45. The molecule has 4 heteroatoms. The van der Waals surface area contributed by atoms with Gasteiger partial charge < -0.3 is 18.6 Å². The van der Waals surface area contributed by atoms with Crippen LogP contribution in [-0.4, -0.2) is 4.57 Å². The zero-order valence-electron chi connectivity index (χ0n) is 36.2. The summed E-state index contributed by atoms with van der Waals surface area (Å²) in [7, 11) is 0. The lowest BCUT2D eigenvalue weighted by atomic mass is 9.58. The third-order valence-corrected chi connectivity index (χ3v) is 14.6. The van der Waals surface area contributed by atoms with E-state index in [2.05, 4.69) is 234 Å². The van der Waals surface area contributed by atoms with Crippen LogP contribution in [0, 0.1) is 0 Å². The fraction of sp³-hybridized carbons (Fsp3) is 0.0159. The predicted octanol–water partition coefficient (Wildman–Crippen LogP) is 16.9. The average Bonchev–Trinajstić information content (AvgIpc) is 3.93. The summed E-state index contributed by atoms with van der Waals surface area (Å²) in [5, 5.41) is 9.44. The van der Waals surface area contributed by atoms with Crippen molar-refractivity contribution in [3.05, 3.63) is 253 Å². The normalized spacial score (nSPS) is 14.7. The summed E-state index contributed by atoms with van der Waals surface area (Å²) < 4.78 is 16.2. The van der Waals surface area contributed by atoms with Gasteiger partial charge in [0.2, 0.25) is 0 Å². The second kappa shape index (κ2) is 13.6. The second-order valence-electron chi connectivity index (χ2n) is 17.9. The standard InChI is InChI=1S/C63H38N2O2/c1-2-19-43-39(15-1)16-13-28-53(43)65-54-27-8-4-21-45(54)46-35-33-41(37-56(46)65)64(55-29-14-32-59-62(55)48-22-5-9-30-57(48)66-59)42-34-36-51-60(38-42)67-58-31-10-7-25-50(58)63(51)49-24-6-3-20-44(49)47-23-11-17-40-18-12-26-52(63)61(40)47/h1-38H. The average molecular weight is 855 g/mol. The van der Waals surface area contributed by atoms with E-state index in [-0.39, 0.29) is 0 Å². The molecule has 4 nitrogen and oxygen atoms in total. The van der Waals surface area contributed by atoms with Crippen LogP contribution in [0.15, 0.2) is 235 Å². The van der Waals surface area contributed by atoms with Crippen molar-refractivity contribution in [1.29, 1.82) is 0 Å². The molecule has 15 rings (SSSR count). The van der Waals surface area contributed by atoms with Gasteiger partial charge in [0.05, 0.1) is 33.2 Å². The van der Waals surface area contributed by atoms with Crippen molar-refractivity contribution >= 4 is 82.4 Å². The topological polar surface area (TPSA) is 30.5 Å². The molecule has 1 atom stereocenters. The van der Waals surface area contributed by atoms with Crippen molar-refractivity contribution in [2.45, 2.75) is 5.41 Å². The van der Waals surface area contributed by atoms with Crippen LogP contribution in [0.4, 0.5) is 17.1 Å². The van der Waals surface area contributed by atoms with Gasteiger partial charge >= 0.3 is 0 Å². The number of anilines is 3. The Morgan fingerprint density at radius 2 is 1.00 bits per heavy atom. The zero-order chi connectivity index (χ0) is 43.8. The van der Waals surface area contributed by atoms with Gasteiger partial charge in [0.25, 0.3) is 0 Å². The Morgan fingerprint density at radius 3 is 1.94 bits per heavy atom. The number of aromatic nitrogens is 1. The van der Waals surface area contributed by atoms with E-state index in [9.17, 15) is 0 Å². The van der Waals surface area contributed by atoms with E-state index in [4.69, 9.17) is 9.15 Å². The Morgan fingerprint density at radius 1 is 0.373 bits per heavy atom. The van der Waals surface area contributed by atoms with Gasteiger partial charge in [-0.05, 0) is 93.0 Å². The van der Waals surface area contributed by atoms with Crippen LogP contribution in [0.3, 0.4) is 0 Å². The summed E-state index contributed by atoms with van der Waals surface area (Å²) in [5.41, 5.74) is 14.8. The number of hydrogen-bond donors (Lipinski definition) is 0. The number of benzene rings is 11. The van der Waals surface area contributed by atoms with Crippen molar-refractivity contribution in [3.8, 4) is 28.3 Å². The minimum Gasteiger partial charge on any atom is -0.457 e. The molecule has 2 aromatic heterocycles. The van der Waals surface area contributed by atoms with E-state index in [0.29, 0.717) is 0 Å². The fourth-order valence-electron chi connectivity index (χ4n) is 12.0. The molecular formula is C63H38N2O2. The maximum atomic E-state index is 7.19. The van der Waals surface area contributed by atoms with Crippen molar-refractivity contribution in [1.82, 2.24) is 4.57 Å². The second-order valence-corrected chi connectivity index (χ2v) is 17.9. The smallest absolute Gasteiger partial charge is 0.137 e. The molecule has 1 aliphatic heterocycles. The summed E-state index contributed by atoms with van der Waals surface area (Å²) in [6.07, 6.45) is 0. The van der Waals surface area contributed by atoms with Gasteiger partial charge in [-0.25, -0.2) is 0 Å². The molecule has 67 heavy (non-hydrogen) atoms. The van der Waals surface area contributed by atoms with Crippen molar-refractivity contribution in [2.75, 3.05) is 4.90 Å². The van der Waals surface area contributed by atoms with Gasteiger partial charge in [-0.1, -0.05) is 170 Å². The molecule has 1 unspecified atom stereocenters. The van der Waals surface area contributed by atoms with E-state index in [1.807, 2.05) is 6.07 Å². The number of ether oxygens (including phenoxy) is 1. The van der Waals surface area contributed by atoms with E-state index < -0.39 is 5.41 Å². The van der Waals surface area contributed by atoms with Gasteiger partial charge in [0, 0.05) is 50.1 Å². The molecule has 0 saturated heterocycles. The van der Waals surface area contributed by atoms with Gasteiger partial charge in [0.15, 0.2) is 0 Å². The summed E-state index contributed by atoms with van der Waals surface area (Å²) in [5.74, 6) is 1.68. The molecule has 312 valence electrons. The van der Waals surface area contributed by atoms with E-state index >= 15 is 0 Å². The lowest BCUT2D eigenvalue weighted by molar-refractivity contribution is 0.435. The number of rotatable bonds is 4. The molecule has 2 aliphatic rings. The minimum atomic E-state index is -0.642. The molecule has 0 saturated carbocycles. The van der Waals surface area contributed by atoms with Gasteiger partial charge in [-0.2, -0.15) is 0 Å². The SMILES string of the molecule is c1ccc2c(c1)Oc1cc(N(c3ccc4c5ccccc5n(-c5cccc6ccccc56)c4c3)c3cccc4oc5ccccc5c34)ccc1C21c2ccccc2-c2cccc3cccc1c23. The van der Waals surface area contributed by atoms with E-state index in [1.165, 1.54) is 54.6 Å². The molecule has 11 aromatic carbocycles. The Labute approximate surface area is 385 Å². The van der Waals surface area contributed by atoms with E-state index in [0.717, 1.165) is 78.3 Å². The zero-order valence-corrected chi connectivity index (χ0v) is 36.2. The third kappa shape index (κ3) is 4.91. The van der Waals surface area contributed by atoms with Crippen LogP contribution in [0.2, 0.25) is 0 Å². The number of nitrogens with zero attached hydrogens (tertiary/aromatic N) is 2. The quantitative estimate of drug-likeness (QED) is 0.177. The van der Waals surface area contributed by atoms with Crippen molar-refractivity contribution in [3.63, 3.8) is 0 Å². The Hall–Kier alpha value is -8.86. The first-order chi connectivity index (χ1) is 33.2. The molecule has 1 aliphatic carbocycles. The molecule has 0 radical (unpaired) electrons. The first kappa shape index (κ1) is 36.5. The first-order valence-electron chi connectivity index (χ1n) is 23.0. The molecule has 0 amide bonds. The largest absolute Gasteiger partial charge is 0.457 e. The molecule has 13 aromatic rings. The monoisotopic (exact) mass is 854 g/mol. The molecule has 0 fully saturated rings. The predicted molar refractivity (Wildman–Crippen MR) is 275 cm³/mol. The maximum Gasteiger partial charge on any atom is 0.137 e. The van der Waals surface area contributed by atoms with E-state index in [1.54, 1.807) is 0 Å². The van der Waals surface area contributed by atoms with Crippen LogP contribution in [0.1, 0.15) is 22.3 Å².